The molecular formula is C16H23N5O5S. The largest absolute Gasteiger partial charge is 0.450 e. The molecule has 0 radical (unpaired) electrons. The van der Waals surface area contributed by atoms with Gasteiger partial charge >= 0.3 is 6.09 Å². The zero-order chi connectivity index (χ0) is 19.4. The Bertz CT molecular complexity index is 807. The fourth-order valence-electron chi connectivity index (χ4n) is 3.10. The summed E-state index contributed by atoms with van der Waals surface area (Å²) in [6.07, 6.45) is 1.58. The number of amides is 2. The Morgan fingerprint density at radius 3 is 2.67 bits per heavy atom. The standard InChI is InChI=1S/C16H23N5O5S/c1-2-26-16(23)21-8-6-20(7-9-21)15-17-5-3-13(19-15)14(22)18-12-4-10-27(24,25)11-12/h3,5,12H,2,4,6-11H2,1H3,(H,18,22). The Balaban J connectivity index is 1.59. The SMILES string of the molecule is CCOC(=O)N1CCN(c2nccc(C(=O)NC3CCS(=O)(=O)C3)n2)CC1. The van der Waals surface area contributed by atoms with Crippen molar-refractivity contribution in [1.82, 2.24) is 20.2 Å². The molecule has 1 atom stereocenters. The second-order valence-corrected chi connectivity index (χ2v) is 8.72. The number of rotatable bonds is 4. The van der Waals surface area contributed by atoms with E-state index < -0.39 is 15.7 Å². The van der Waals surface area contributed by atoms with Crippen molar-refractivity contribution < 1.29 is 22.7 Å². The molecule has 0 saturated carbocycles. The smallest absolute Gasteiger partial charge is 0.409 e. The summed E-state index contributed by atoms with van der Waals surface area (Å²) in [6, 6.07) is 1.12. The molecule has 0 aromatic carbocycles. The molecule has 2 fully saturated rings. The molecule has 10 nitrogen and oxygen atoms in total. The number of sulfone groups is 1. The lowest BCUT2D eigenvalue weighted by Crippen LogP contribution is -2.49. The van der Waals surface area contributed by atoms with Gasteiger partial charge < -0.3 is 19.9 Å². The van der Waals surface area contributed by atoms with Gasteiger partial charge in [0.15, 0.2) is 9.84 Å². The molecule has 3 heterocycles. The van der Waals surface area contributed by atoms with Crippen molar-refractivity contribution in [2.24, 2.45) is 0 Å². The Hall–Kier alpha value is -2.43. The molecular weight excluding hydrogens is 374 g/mol. The highest BCUT2D eigenvalue weighted by Gasteiger charge is 2.30. The highest BCUT2D eigenvalue weighted by molar-refractivity contribution is 7.91. The maximum Gasteiger partial charge on any atom is 0.409 e. The average Bonchev–Trinajstić information content (AvgIpc) is 3.00. The summed E-state index contributed by atoms with van der Waals surface area (Å²) in [5.41, 5.74) is 0.192. The Morgan fingerprint density at radius 2 is 2.04 bits per heavy atom. The van der Waals surface area contributed by atoms with Crippen molar-refractivity contribution in [3.8, 4) is 0 Å². The van der Waals surface area contributed by atoms with Gasteiger partial charge in [0.25, 0.3) is 5.91 Å². The van der Waals surface area contributed by atoms with Crippen LogP contribution in [0.2, 0.25) is 0 Å². The summed E-state index contributed by atoms with van der Waals surface area (Å²) in [5.74, 6) is 0.0561. The molecule has 2 saturated heterocycles. The lowest BCUT2D eigenvalue weighted by Gasteiger charge is -2.34. The van der Waals surface area contributed by atoms with E-state index in [1.165, 1.54) is 12.3 Å². The van der Waals surface area contributed by atoms with E-state index >= 15 is 0 Å². The van der Waals surface area contributed by atoms with Crippen LogP contribution < -0.4 is 10.2 Å². The first-order chi connectivity index (χ1) is 12.9. The predicted octanol–water partition coefficient (Wildman–Crippen LogP) is -0.328. The summed E-state index contributed by atoms with van der Waals surface area (Å²) in [7, 11) is -3.06. The van der Waals surface area contributed by atoms with Crippen LogP contribution in [-0.4, -0.2) is 85.6 Å². The summed E-state index contributed by atoms with van der Waals surface area (Å²) >= 11 is 0. The van der Waals surface area contributed by atoms with Crippen LogP contribution in [0.4, 0.5) is 10.7 Å². The number of nitrogens with one attached hydrogen (secondary N) is 1. The minimum Gasteiger partial charge on any atom is -0.450 e. The summed E-state index contributed by atoms with van der Waals surface area (Å²) < 4.78 is 28.0. The van der Waals surface area contributed by atoms with Crippen LogP contribution in [0.25, 0.3) is 0 Å². The monoisotopic (exact) mass is 397 g/mol. The molecule has 2 aliphatic heterocycles. The van der Waals surface area contributed by atoms with E-state index in [2.05, 4.69) is 15.3 Å². The van der Waals surface area contributed by atoms with Crippen LogP contribution in [0.15, 0.2) is 12.3 Å². The third-order valence-electron chi connectivity index (χ3n) is 4.53. The van der Waals surface area contributed by atoms with Crippen molar-refractivity contribution in [2.45, 2.75) is 19.4 Å². The van der Waals surface area contributed by atoms with E-state index in [1.54, 1.807) is 11.8 Å². The lowest BCUT2D eigenvalue weighted by atomic mass is 10.2. The van der Waals surface area contributed by atoms with E-state index in [-0.39, 0.29) is 29.3 Å². The molecule has 1 unspecified atom stereocenters. The van der Waals surface area contributed by atoms with Crippen molar-refractivity contribution in [1.29, 1.82) is 0 Å². The molecule has 1 aromatic heterocycles. The van der Waals surface area contributed by atoms with E-state index in [0.29, 0.717) is 45.2 Å². The Labute approximate surface area is 157 Å². The minimum absolute atomic E-state index is 0.0352. The zero-order valence-corrected chi connectivity index (χ0v) is 15.9. The van der Waals surface area contributed by atoms with E-state index in [0.717, 1.165) is 0 Å². The van der Waals surface area contributed by atoms with Crippen LogP contribution in [0.3, 0.4) is 0 Å². The van der Waals surface area contributed by atoms with Crippen molar-refractivity contribution in [3.63, 3.8) is 0 Å². The van der Waals surface area contributed by atoms with Crippen LogP contribution >= 0.6 is 0 Å². The molecule has 27 heavy (non-hydrogen) atoms. The van der Waals surface area contributed by atoms with E-state index in [9.17, 15) is 18.0 Å². The van der Waals surface area contributed by atoms with E-state index in [1.807, 2.05) is 4.90 Å². The number of hydrogen-bond acceptors (Lipinski definition) is 8. The quantitative estimate of drug-likeness (QED) is 0.733. The molecule has 2 aliphatic rings. The molecule has 11 heteroatoms. The molecule has 0 aliphatic carbocycles. The third kappa shape index (κ3) is 4.85. The van der Waals surface area contributed by atoms with Gasteiger partial charge in [0.2, 0.25) is 5.95 Å². The highest BCUT2D eigenvalue weighted by atomic mass is 32.2. The van der Waals surface area contributed by atoms with Gasteiger partial charge in [-0.1, -0.05) is 0 Å². The van der Waals surface area contributed by atoms with Crippen LogP contribution in [-0.2, 0) is 14.6 Å². The van der Waals surface area contributed by atoms with Gasteiger partial charge in [0.05, 0.1) is 18.1 Å². The van der Waals surface area contributed by atoms with Crippen LogP contribution in [0.5, 0.6) is 0 Å². The van der Waals surface area contributed by atoms with Crippen molar-refractivity contribution in [2.75, 3.05) is 49.2 Å². The highest BCUT2D eigenvalue weighted by Crippen LogP contribution is 2.14. The van der Waals surface area contributed by atoms with Crippen LogP contribution in [0, 0.1) is 0 Å². The fraction of sp³-hybridized carbons (Fsp3) is 0.625. The number of anilines is 1. The van der Waals surface area contributed by atoms with E-state index in [4.69, 9.17) is 4.74 Å². The summed E-state index contributed by atoms with van der Waals surface area (Å²) in [6.45, 7) is 4.13. The third-order valence-corrected chi connectivity index (χ3v) is 6.30. The number of piperazine rings is 1. The molecule has 148 valence electrons. The number of nitrogens with zero attached hydrogens (tertiary/aromatic N) is 4. The number of carbonyl (C=O) groups is 2. The van der Waals surface area contributed by atoms with Gasteiger partial charge in [-0.3, -0.25) is 4.79 Å². The topological polar surface area (TPSA) is 122 Å². The lowest BCUT2D eigenvalue weighted by molar-refractivity contribution is 0.0936. The number of aromatic nitrogens is 2. The molecule has 0 bridgehead atoms. The van der Waals surface area contributed by atoms with Crippen LogP contribution in [0.1, 0.15) is 23.8 Å². The maximum atomic E-state index is 12.4. The number of hydrogen-bond donors (Lipinski definition) is 1. The second kappa shape index (κ2) is 8.07. The predicted molar refractivity (Wildman–Crippen MR) is 97.4 cm³/mol. The molecule has 0 spiro atoms. The van der Waals surface area contributed by atoms with Crippen molar-refractivity contribution in [3.05, 3.63) is 18.0 Å². The Morgan fingerprint density at radius 1 is 1.30 bits per heavy atom. The number of ether oxygens (including phenoxy) is 1. The Kier molecular flexibility index (Phi) is 5.78. The molecule has 1 aromatic rings. The first kappa shape index (κ1) is 19.3. The zero-order valence-electron chi connectivity index (χ0n) is 15.1. The minimum atomic E-state index is -3.06. The molecule has 2 amide bonds. The maximum absolute atomic E-state index is 12.4. The van der Waals surface area contributed by atoms with Gasteiger partial charge in [-0.25, -0.2) is 23.2 Å². The van der Waals surface area contributed by atoms with Crippen molar-refractivity contribution >= 4 is 27.8 Å². The normalized spacial score (nSPS) is 21.7. The summed E-state index contributed by atoms with van der Waals surface area (Å²) in [5, 5.41) is 2.72. The second-order valence-electron chi connectivity index (χ2n) is 6.49. The molecule has 3 rings (SSSR count). The van der Waals surface area contributed by atoms with Gasteiger partial charge in [-0.2, -0.15) is 0 Å². The number of carbonyl (C=O) groups excluding carboxylic acids is 2. The summed E-state index contributed by atoms with van der Waals surface area (Å²) in [4.78, 5) is 36.2. The van der Waals surface area contributed by atoms with Gasteiger partial charge in [0, 0.05) is 38.4 Å². The molecule has 1 N–H and O–H groups in total. The van der Waals surface area contributed by atoms with Gasteiger partial charge in [-0.15, -0.1) is 0 Å². The van der Waals surface area contributed by atoms with Gasteiger partial charge in [0.1, 0.15) is 5.69 Å². The van der Waals surface area contributed by atoms with Gasteiger partial charge in [-0.05, 0) is 19.4 Å². The first-order valence-corrected chi connectivity index (χ1v) is 10.7. The average molecular weight is 397 g/mol. The fourth-order valence-corrected chi connectivity index (χ4v) is 4.77. The first-order valence-electron chi connectivity index (χ1n) is 8.89.